The Labute approximate surface area is 158 Å². The summed E-state index contributed by atoms with van der Waals surface area (Å²) in [5, 5.41) is 13.0. The quantitative estimate of drug-likeness (QED) is 0.792. The molecule has 0 saturated heterocycles. The standard InChI is InChI=1S/C21H26N2O2S/c24-17-11-16(12-17)18(10-14-6-8-22-9-7-14)23-21(25)20-13-15-4-2-1-3-5-19(15)26-20/h6-9,13,16-18,24H,1-5,10-12H2,(H,23,25)/t16?,17?,18-/m0/s1. The van der Waals surface area contributed by atoms with E-state index in [2.05, 4.69) is 16.4 Å². The molecule has 0 unspecified atom stereocenters. The molecule has 4 nitrogen and oxygen atoms in total. The molecule has 2 aromatic heterocycles. The number of carbonyl (C=O) groups excluding carboxylic acids is 1. The number of aryl methyl sites for hydroxylation is 2. The number of rotatable bonds is 5. The van der Waals surface area contributed by atoms with E-state index in [1.807, 2.05) is 12.1 Å². The van der Waals surface area contributed by atoms with Gasteiger partial charge in [-0.3, -0.25) is 9.78 Å². The Morgan fingerprint density at radius 1 is 1.23 bits per heavy atom. The van der Waals surface area contributed by atoms with Crippen LogP contribution in [0.5, 0.6) is 0 Å². The summed E-state index contributed by atoms with van der Waals surface area (Å²) in [5.41, 5.74) is 2.55. The van der Waals surface area contributed by atoms with E-state index in [4.69, 9.17) is 0 Å². The number of amides is 1. The molecule has 0 spiro atoms. The van der Waals surface area contributed by atoms with Gasteiger partial charge in [0.15, 0.2) is 0 Å². The first-order valence-corrected chi connectivity index (χ1v) is 10.5. The van der Waals surface area contributed by atoms with Gasteiger partial charge in [-0.2, -0.15) is 0 Å². The molecule has 5 heteroatoms. The molecule has 2 aliphatic carbocycles. The number of hydrogen-bond donors (Lipinski definition) is 2. The molecule has 2 heterocycles. The summed E-state index contributed by atoms with van der Waals surface area (Å²) in [7, 11) is 0. The normalized spacial score (nSPS) is 23.4. The lowest BCUT2D eigenvalue weighted by atomic mass is 9.75. The van der Waals surface area contributed by atoms with Gasteiger partial charge < -0.3 is 10.4 Å². The summed E-state index contributed by atoms with van der Waals surface area (Å²) in [6.07, 6.45) is 11.7. The zero-order valence-corrected chi connectivity index (χ0v) is 15.8. The van der Waals surface area contributed by atoms with E-state index in [0.29, 0.717) is 5.92 Å². The molecule has 2 aromatic rings. The molecule has 0 aliphatic heterocycles. The Balaban J connectivity index is 1.47. The van der Waals surface area contributed by atoms with Gasteiger partial charge in [0.2, 0.25) is 0 Å². The highest BCUT2D eigenvalue weighted by Gasteiger charge is 2.35. The van der Waals surface area contributed by atoms with Gasteiger partial charge in [0.25, 0.3) is 5.91 Å². The van der Waals surface area contributed by atoms with Gasteiger partial charge >= 0.3 is 0 Å². The van der Waals surface area contributed by atoms with Crippen molar-refractivity contribution in [2.45, 2.75) is 63.5 Å². The van der Waals surface area contributed by atoms with Crippen molar-refractivity contribution in [1.82, 2.24) is 10.3 Å². The fourth-order valence-corrected chi connectivity index (χ4v) is 5.24. The first-order chi connectivity index (χ1) is 12.7. The molecule has 138 valence electrons. The lowest BCUT2D eigenvalue weighted by Crippen LogP contribution is -2.48. The number of aliphatic hydroxyl groups is 1. The van der Waals surface area contributed by atoms with Crippen molar-refractivity contribution in [3.63, 3.8) is 0 Å². The molecule has 2 aliphatic rings. The molecular weight excluding hydrogens is 344 g/mol. The minimum atomic E-state index is -0.213. The Morgan fingerprint density at radius 2 is 2.00 bits per heavy atom. The summed E-state index contributed by atoms with van der Waals surface area (Å²) in [6.45, 7) is 0. The minimum absolute atomic E-state index is 0.0449. The van der Waals surface area contributed by atoms with Crippen molar-refractivity contribution in [1.29, 1.82) is 0 Å². The van der Waals surface area contributed by atoms with Crippen LogP contribution in [0.4, 0.5) is 0 Å². The topological polar surface area (TPSA) is 62.2 Å². The molecular formula is C21H26N2O2S. The van der Waals surface area contributed by atoms with E-state index < -0.39 is 0 Å². The molecule has 26 heavy (non-hydrogen) atoms. The predicted molar refractivity (Wildman–Crippen MR) is 104 cm³/mol. The zero-order valence-electron chi connectivity index (χ0n) is 15.0. The van der Waals surface area contributed by atoms with Crippen LogP contribution in [-0.2, 0) is 19.3 Å². The van der Waals surface area contributed by atoms with E-state index in [9.17, 15) is 9.90 Å². The van der Waals surface area contributed by atoms with Gasteiger partial charge in [-0.05, 0) is 80.2 Å². The van der Waals surface area contributed by atoms with Gasteiger partial charge in [0.05, 0.1) is 11.0 Å². The Kier molecular flexibility index (Phi) is 5.36. The Hall–Kier alpha value is -1.72. The van der Waals surface area contributed by atoms with Gasteiger partial charge in [-0.25, -0.2) is 0 Å². The third-order valence-corrected chi connectivity index (χ3v) is 6.95. The van der Waals surface area contributed by atoms with Gasteiger partial charge in [0, 0.05) is 23.3 Å². The van der Waals surface area contributed by atoms with Crippen molar-refractivity contribution in [3.8, 4) is 0 Å². The largest absolute Gasteiger partial charge is 0.393 e. The number of fused-ring (bicyclic) bond motifs is 1. The maximum Gasteiger partial charge on any atom is 0.261 e. The van der Waals surface area contributed by atoms with Crippen LogP contribution in [-0.4, -0.2) is 28.1 Å². The minimum Gasteiger partial charge on any atom is -0.393 e. The average Bonchev–Trinajstić information content (AvgIpc) is 2.90. The molecule has 1 saturated carbocycles. The third kappa shape index (κ3) is 3.99. The Morgan fingerprint density at radius 3 is 2.77 bits per heavy atom. The van der Waals surface area contributed by atoms with Crippen LogP contribution in [0.2, 0.25) is 0 Å². The van der Waals surface area contributed by atoms with Crippen LogP contribution in [0.25, 0.3) is 0 Å². The number of thiophene rings is 1. The first-order valence-electron chi connectivity index (χ1n) is 9.68. The molecule has 4 rings (SSSR count). The van der Waals surface area contributed by atoms with E-state index in [0.717, 1.165) is 37.0 Å². The molecule has 0 bridgehead atoms. The van der Waals surface area contributed by atoms with E-state index in [1.54, 1.807) is 23.7 Å². The van der Waals surface area contributed by atoms with Crippen LogP contribution in [0.15, 0.2) is 30.6 Å². The monoisotopic (exact) mass is 370 g/mol. The Bertz CT molecular complexity index is 729. The number of pyridine rings is 1. The number of carbonyl (C=O) groups is 1. The molecule has 1 atom stereocenters. The zero-order chi connectivity index (χ0) is 17.9. The summed E-state index contributed by atoms with van der Waals surface area (Å²) in [5.74, 6) is 0.392. The number of aromatic nitrogens is 1. The third-order valence-electron chi connectivity index (χ3n) is 5.71. The summed E-state index contributed by atoms with van der Waals surface area (Å²) < 4.78 is 0. The van der Waals surface area contributed by atoms with Crippen molar-refractivity contribution < 1.29 is 9.90 Å². The lowest BCUT2D eigenvalue weighted by Gasteiger charge is -2.38. The second kappa shape index (κ2) is 7.89. The second-order valence-electron chi connectivity index (χ2n) is 7.64. The van der Waals surface area contributed by atoms with Crippen molar-refractivity contribution in [2.24, 2.45) is 5.92 Å². The highest BCUT2D eigenvalue weighted by Crippen LogP contribution is 2.33. The van der Waals surface area contributed by atoms with Crippen molar-refractivity contribution in [2.75, 3.05) is 0 Å². The SMILES string of the molecule is O=C(N[C@@H](Cc1ccncc1)C1CC(O)C1)c1cc2c(s1)CCCCC2. The highest BCUT2D eigenvalue weighted by molar-refractivity contribution is 7.14. The van der Waals surface area contributed by atoms with Crippen molar-refractivity contribution >= 4 is 17.2 Å². The maximum absolute atomic E-state index is 12.9. The van der Waals surface area contributed by atoms with E-state index in [-0.39, 0.29) is 18.1 Å². The fourth-order valence-electron chi connectivity index (χ4n) is 4.09. The van der Waals surface area contributed by atoms with Crippen molar-refractivity contribution in [3.05, 3.63) is 51.5 Å². The lowest BCUT2D eigenvalue weighted by molar-refractivity contribution is 0.0240. The van der Waals surface area contributed by atoms with E-state index >= 15 is 0 Å². The van der Waals surface area contributed by atoms with Crippen LogP contribution in [0, 0.1) is 5.92 Å². The summed E-state index contributed by atoms with van der Waals surface area (Å²) in [6, 6.07) is 6.18. The average molecular weight is 371 g/mol. The fraction of sp³-hybridized carbons (Fsp3) is 0.524. The number of aliphatic hydroxyl groups excluding tert-OH is 1. The predicted octanol–water partition coefficient (Wildman–Crippen LogP) is 3.52. The molecule has 0 aromatic carbocycles. The molecule has 0 radical (unpaired) electrons. The van der Waals surface area contributed by atoms with Crippen LogP contribution in [0.3, 0.4) is 0 Å². The first kappa shape index (κ1) is 17.7. The van der Waals surface area contributed by atoms with Crippen LogP contribution in [0.1, 0.15) is 57.8 Å². The second-order valence-corrected chi connectivity index (χ2v) is 8.78. The number of hydrogen-bond acceptors (Lipinski definition) is 4. The number of nitrogens with zero attached hydrogens (tertiary/aromatic N) is 1. The molecule has 1 fully saturated rings. The number of nitrogens with one attached hydrogen (secondary N) is 1. The van der Waals surface area contributed by atoms with Gasteiger partial charge in [-0.15, -0.1) is 11.3 Å². The molecule has 1 amide bonds. The maximum atomic E-state index is 12.9. The van der Waals surface area contributed by atoms with Crippen LogP contribution >= 0.6 is 11.3 Å². The van der Waals surface area contributed by atoms with Gasteiger partial charge in [-0.1, -0.05) is 6.42 Å². The smallest absolute Gasteiger partial charge is 0.261 e. The van der Waals surface area contributed by atoms with E-state index in [1.165, 1.54) is 35.3 Å². The molecule has 2 N–H and O–H groups in total. The highest BCUT2D eigenvalue weighted by atomic mass is 32.1. The van der Waals surface area contributed by atoms with Gasteiger partial charge in [0.1, 0.15) is 0 Å². The summed E-state index contributed by atoms with van der Waals surface area (Å²) >= 11 is 1.67. The summed E-state index contributed by atoms with van der Waals surface area (Å²) in [4.78, 5) is 19.2. The van der Waals surface area contributed by atoms with Crippen LogP contribution < -0.4 is 5.32 Å².